The van der Waals surface area contributed by atoms with Crippen LogP contribution in [0.1, 0.15) is 0 Å². The zero-order chi connectivity index (χ0) is 14.2. The van der Waals surface area contributed by atoms with Gasteiger partial charge in [-0.25, -0.2) is 0 Å². The van der Waals surface area contributed by atoms with Crippen LogP contribution >= 0.6 is 0 Å². The van der Waals surface area contributed by atoms with Gasteiger partial charge < -0.3 is 10.1 Å². The van der Waals surface area contributed by atoms with Crippen LogP contribution in [0.15, 0.2) is 67.3 Å². The maximum Gasteiger partial charge on any atom is 0.258 e. The normalized spacial score (nSPS) is 9.80. The van der Waals surface area contributed by atoms with E-state index in [0.29, 0.717) is 12.3 Å². The summed E-state index contributed by atoms with van der Waals surface area (Å²) in [6, 6.07) is 17.8. The van der Waals surface area contributed by atoms with Crippen molar-refractivity contribution in [1.82, 2.24) is 5.32 Å². The van der Waals surface area contributed by atoms with Crippen LogP contribution in [0.4, 0.5) is 0 Å². The van der Waals surface area contributed by atoms with E-state index in [1.54, 1.807) is 6.08 Å². The van der Waals surface area contributed by atoms with Crippen LogP contribution in [0, 0.1) is 0 Å². The lowest BCUT2D eigenvalue weighted by Gasteiger charge is -2.07. The fourth-order valence-corrected chi connectivity index (χ4v) is 1.76. The first-order valence-corrected chi connectivity index (χ1v) is 6.45. The Morgan fingerprint density at radius 3 is 2.35 bits per heavy atom. The molecule has 0 unspecified atom stereocenters. The van der Waals surface area contributed by atoms with Gasteiger partial charge >= 0.3 is 0 Å². The monoisotopic (exact) mass is 267 g/mol. The van der Waals surface area contributed by atoms with E-state index in [-0.39, 0.29) is 12.5 Å². The third kappa shape index (κ3) is 3.99. The lowest BCUT2D eigenvalue weighted by molar-refractivity contribution is -0.122. The number of nitrogens with one attached hydrogen (secondary N) is 1. The van der Waals surface area contributed by atoms with E-state index in [9.17, 15) is 4.79 Å². The van der Waals surface area contributed by atoms with Gasteiger partial charge in [-0.3, -0.25) is 4.79 Å². The predicted molar refractivity (Wildman–Crippen MR) is 80.6 cm³/mol. The molecule has 0 spiro atoms. The summed E-state index contributed by atoms with van der Waals surface area (Å²) < 4.78 is 5.41. The molecule has 0 aliphatic rings. The highest BCUT2D eigenvalue weighted by atomic mass is 16.5. The second-order valence-electron chi connectivity index (χ2n) is 4.27. The summed E-state index contributed by atoms with van der Waals surface area (Å²) in [6.45, 7) is 4.00. The zero-order valence-corrected chi connectivity index (χ0v) is 11.2. The van der Waals surface area contributed by atoms with Crippen molar-refractivity contribution in [3.63, 3.8) is 0 Å². The van der Waals surface area contributed by atoms with Crippen molar-refractivity contribution in [2.24, 2.45) is 0 Å². The molecule has 102 valence electrons. The molecule has 0 heterocycles. The van der Waals surface area contributed by atoms with Crippen molar-refractivity contribution in [2.45, 2.75) is 0 Å². The van der Waals surface area contributed by atoms with Gasteiger partial charge in [-0.05, 0) is 23.3 Å². The van der Waals surface area contributed by atoms with E-state index in [0.717, 1.165) is 11.1 Å². The molecule has 0 saturated carbocycles. The zero-order valence-electron chi connectivity index (χ0n) is 11.2. The molecule has 0 aliphatic heterocycles. The molecular formula is C17H17NO2. The molecule has 0 aliphatic carbocycles. The quantitative estimate of drug-likeness (QED) is 0.817. The summed E-state index contributed by atoms with van der Waals surface area (Å²) in [5, 5.41) is 2.66. The minimum absolute atomic E-state index is 0.0124. The van der Waals surface area contributed by atoms with Crippen molar-refractivity contribution in [3.05, 3.63) is 67.3 Å². The fraction of sp³-hybridized carbons (Fsp3) is 0.118. The van der Waals surface area contributed by atoms with Gasteiger partial charge in [0.15, 0.2) is 6.61 Å². The number of carbonyl (C=O) groups is 1. The largest absolute Gasteiger partial charge is 0.484 e. The highest BCUT2D eigenvalue weighted by molar-refractivity contribution is 5.77. The molecule has 2 aromatic rings. The number of benzene rings is 2. The van der Waals surface area contributed by atoms with Crippen LogP contribution in [0.25, 0.3) is 11.1 Å². The molecule has 1 N–H and O–H groups in total. The number of hydrogen-bond donors (Lipinski definition) is 1. The Balaban J connectivity index is 1.92. The molecule has 2 rings (SSSR count). The van der Waals surface area contributed by atoms with Crippen LogP contribution in [-0.4, -0.2) is 19.1 Å². The number of ether oxygens (including phenoxy) is 1. The van der Waals surface area contributed by atoms with Gasteiger partial charge in [0.1, 0.15) is 5.75 Å². The number of hydrogen-bond acceptors (Lipinski definition) is 2. The summed E-state index contributed by atoms with van der Waals surface area (Å²) >= 11 is 0. The van der Waals surface area contributed by atoms with E-state index in [4.69, 9.17) is 4.74 Å². The summed E-state index contributed by atoms with van der Waals surface area (Å²) in [4.78, 5) is 11.4. The standard InChI is InChI=1S/C17H17NO2/c1-2-12-18-17(19)13-20-16-10-8-15(9-11-16)14-6-4-3-5-7-14/h2-11H,1,12-13H2,(H,18,19). The molecule has 1 amide bonds. The second-order valence-corrected chi connectivity index (χ2v) is 4.27. The van der Waals surface area contributed by atoms with E-state index >= 15 is 0 Å². The maximum absolute atomic E-state index is 11.4. The number of amides is 1. The van der Waals surface area contributed by atoms with Gasteiger partial charge in [0, 0.05) is 6.54 Å². The van der Waals surface area contributed by atoms with Crippen LogP contribution in [0.2, 0.25) is 0 Å². The fourth-order valence-electron chi connectivity index (χ4n) is 1.76. The molecular weight excluding hydrogens is 250 g/mol. The Labute approximate surface area is 118 Å². The third-order valence-electron chi connectivity index (χ3n) is 2.77. The molecule has 0 bridgehead atoms. The Hall–Kier alpha value is -2.55. The molecule has 2 aromatic carbocycles. The molecule has 3 heteroatoms. The predicted octanol–water partition coefficient (Wildman–Crippen LogP) is 3.03. The van der Waals surface area contributed by atoms with Crippen molar-refractivity contribution in [3.8, 4) is 16.9 Å². The van der Waals surface area contributed by atoms with Crippen molar-refractivity contribution in [2.75, 3.05) is 13.2 Å². The second kappa shape index (κ2) is 7.14. The topological polar surface area (TPSA) is 38.3 Å². The van der Waals surface area contributed by atoms with E-state index in [1.807, 2.05) is 42.5 Å². The summed E-state index contributed by atoms with van der Waals surface area (Å²) in [5.41, 5.74) is 2.27. The Morgan fingerprint density at radius 1 is 1.05 bits per heavy atom. The van der Waals surface area contributed by atoms with E-state index in [1.165, 1.54) is 0 Å². The van der Waals surface area contributed by atoms with Crippen LogP contribution in [-0.2, 0) is 4.79 Å². The number of rotatable bonds is 6. The molecule has 20 heavy (non-hydrogen) atoms. The van der Waals surface area contributed by atoms with E-state index in [2.05, 4.69) is 24.0 Å². The SMILES string of the molecule is C=CCNC(=O)COc1ccc(-c2ccccc2)cc1. The summed E-state index contributed by atoms with van der Waals surface area (Å²) in [5.74, 6) is 0.524. The van der Waals surface area contributed by atoms with Gasteiger partial charge in [0.25, 0.3) is 5.91 Å². The lowest BCUT2D eigenvalue weighted by Crippen LogP contribution is -2.28. The lowest BCUT2D eigenvalue weighted by atomic mass is 10.1. The van der Waals surface area contributed by atoms with Crippen molar-refractivity contribution in [1.29, 1.82) is 0 Å². The molecule has 0 aromatic heterocycles. The molecule has 0 fully saturated rings. The Bertz CT molecular complexity index is 561. The first kappa shape index (κ1) is 13.9. The molecule has 3 nitrogen and oxygen atoms in total. The highest BCUT2D eigenvalue weighted by Crippen LogP contribution is 2.21. The van der Waals surface area contributed by atoms with E-state index < -0.39 is 0 Å². The Morgan fingerprint density at radius 2 is 1.70 bits per heavy atom. The van der Waals surface area contributed by atoms with Crippen molar-refractivity contribution < 1.29 is 9.53 Å². The van der Waals surface area contributed by atoms with Gasteiger partial charge in [-0.1, -0.05) is 48.5 Å². The van der Waals surface area contributed by atoms with Gasteiger partial charge in [-0.15, -0.1) is 6.58 Å². The van der Waals surface area contributed by atoms with Crippen LogP contribution < -0.4 is 10.1 Å². The molecule has 0 radical (unpaired) electrons. The third-order valence-corrected chi connectivity index (χ3v) is 2.77. The summed E-state index contributed by atoms with van der Waals surface area (Å²) in [7, 11) is 0. The Kier molecular flexibility index (Phi) is 4.95. The van der Waals surface area contributed by atoms with Gasteiger partial charge in [0.2, 0.25) is 0 Å². The first-order chi connectivity index (χ1) is 9.79. The minimum atomic E-state index is -0.156. The van der Waals surface area contributed by atoms with Gasteiger partial charge in [0.05, 0.1) is 0 Å². The number of carbonyl (C=O) groups excluding carboxylic acids is 1. The highest BCUT2D eigenvalue weighted by Gasteiger charge is 2.02. The van der Waals surface area contributed by atoms with Crippen molar-refractivity contribution >= 4 is 5.91 Å². The first-order valence-electron chi connectivity index (χ1n) is 6.45. The van der Waals surface area contributed by atoms with Crippen LogP contribution in [0.5, 0.6) is 5.75 Å². The minimum Gasteiger partial charge on any atom is -0.484 e. The average molecular weight is 267 g/mol. The smallest absolute Gasteiger partial charge is 0.258 e. The molecule has 0 atom stereocenters. The maximum atomic E-state index is 11.4. The summed E-state index contributed by atoms with van der Waals surface area (Å²) in [6.07, 6.45) is 1.63. The molecule has 0 saturated heterocycles. The van der Waals surface area contributed by atoms with Gasteiger partial charge in [-0.2, -0.15) is 0 Å². The average Bonchev–Trinajstić information content (AvgIpc) is 2.52. The van der Waals surface area contributed by atoms with Crippen LogP contribution in [0.3, 0.4) is 0 Å².